The fourth-order valence-electron chi connectivity index (χ4n) is 0.890. The number of benzene rings is 1. The van der Waals surface area contributed by atoms with E-state index in [0.29, 0.717) is 6.07 Å². The molecule has 0 aliphatic heterocycles. The molecule has 1 aromatic rings. The Morgan fingerprint density at radius 3 is 2.50 bits per heavy atom. The third-order valence-corrected chi connectivity index (χ3v) is 2.18. The predicted octanol–water partition coefficient (Wildman–Crippen LogP) is 0.176. The highest BCUT2D eigenvalue weighted by molar-refractivity contribution is 9.10. The summed E-state index contributed by atoms with van der Waals surface area (Å²) in [6.45, 7) is 0. The van der Waals surface area contributed by atoms with Crippen molar-refractivity contribution >= 4 is 34.2 Å². The van der Waals surface area contributed by atoms with E-state index in [1.54, 1.807) is 0 Å². The van der Waals surface area contributed by atoms with Crippen LogP contribution in [0.4, 0.5) is 10.1 Å². The molecule has 1 aromatic carbocycles. The molecule has 8 heteroatoms. The van der Waals surface area contributed by atoms with Gasteiger partial charge in [-0.2, -0.15) is 0 Å². The molecule has 0 aromatic heterocycles. The van der Waals surface area contributed by atoms with E-state index >= 15 is 0 Å². The highest BCUT2D eigenvalue weighted by atomic mass is 79.9. The van der Waals surface area contributed by atoms with E-state index in [1.807, 2.05) is 0 Å². The minimum atomic E-state index is -1.99. The van der Waals surface area contributed by atoms with Gasteiger partial charge in [-0.05, 0) is 22.0 Å². The van der Waals surface area contributed by atoms with Gasteiger partial charge >= 0.3 is 7.12 Å². The zero-order chi connectivity index (χ0) is 10.9. The van der Waals surface area contributed by atoms with Gasteiger partial charge in [0, 0.05) is 5.46 Å². The third kappa shape index (κ3) is 2.09. The van der Waals surface area contributed by atoms with Crippen LogP contribution in [0.2, 0.25) is 0 Å². The molecule has 1 rings (SSSR count). The maximum Gasteiger partial charge on any atom is 0.491 e. The summed E-state index contributed by atoms with van der Waals surface area (Å²) in [5.74, 6) is -1.03. The Morgan fingerprint density at radius 2 is 2.07 bits per heavy atom. The van der Waals surface area contributed by atoms with Gasteiger partial charge in [-0.25, -0.2) is 4.39 Å². The third-order valence-electron chi connectivity index (χ3n) is 1.54. The highest BCUT2D eigenvalue weighted by Crippen LogP contribution is 2.24. The molecule has 0 unspecified atom stereocenters. The molecule has 0 bridgehead atoms. The lowest BCUT2D eigenvalue weighted by atomic mass is 9.80. The van der Waals surface area contributed by atoms with E-state index in [-0.39, 0.29) is 4.47 Å². The minimum absolute atomic E-state index is 0.00741. The first kappa shape index (κ1) is 11.1. The summed E-state index contributed by atoms with van der Waals surface area (Å²) >= 11 is 2.82. The molecule has 2 N–H and O–H groups in total. The highest BCUT2D eigenvalue weighted by Gasteiger charge is 2.22. The molecule has 0 aliphatic carbocycles. The van der Waals surface area contributed by atoms with Crippen LogP contribution in [0.25, 0.3) is 0 Å². The van der Waals surface area contributed by atoms with Crippen LogP contribution >= 0.6 is 15.9 Å². The average molecular weight is 264 g/mol. The van der Waals surface area contributed by atoms with Crippen molar-refractivity contribution in [3.63, 3.8) is 0 Å². The van der Waals surface area contributed by atoms with Crippen LogP contribution in [-0.2, 0) is 0 Å². The molecule has 0 spiro atoms. The van der Waals surface area contributed by atoms with Gasteiger partial charge in [-0.3, -0.25) is 10.1 Å². The first-order chi connectivity index (χ1) is 6.43. The predicted molar refractivity (Wildman–Crippen MR) is 50.6 cm³/mol. The lowest BCUT2D eigenvalue weighted by Crippen LogP contribution is -2.32. The van der Waals surface area contributed by atoms with Gasteiger partial charge in [-0.1, -0.05) is 0 Å². The van der Waals surface area contributed by atoms with Gasteiger partial charge in [0.1, 0.15) is 5.82 Å². The number of hydrogen-bond acceptors (Lipinski definition) is 4. The van der Waals surface area contributed by atoms with Crippen LogP contribution in [0.5, 0.6) is 0 Å². The van der Waals surface area contributed by atoms with Crippen molar-refractivity contribution in [1.29, 1.82) is 0 Å². The van der Waals surface area contributed by atoms with Crippen molar-refractivity contribution in [2.75, 3.05) is 0 Å². The van der Waals surface area contributed by atoms with Gasteiger partial charge in [0.05, 0.1) is 15.5 Å². The van der Waals surface area contributed by atoms with Gasteiger partial charge in [0.2, 0.25) is 0 Å². The van der Waals surface area contributed by atoms with E-state index in [4.69, 9.17) is 10.0 Å². The van der Waals surface area contributed by atoms with Gasteiger partial charge in [-0.15, -0.1) is 0 Å². The number of nitro groups is 1. The van der Waals surface area contributed by atoms with E-state index in [1.165, 1.54) is 0 Å². The van der Waals surface area contributed by atoms with Gasteiger partial charge in [0.25, 0.3) is 5.69 Å². The summed E-state index contributed by atoms with van der Waals surface area (Å²) in [6.07, 6.45) is 0. The summed E-state index contributed by atoms with van der Waals surface area (Å²) < 4.78 is 13.0. The summed E-state index contributed by atoms with van der Waals surface area (Å²) in [7, 11) is -1.99. The number of hydrogen-bond donors (Lipinski definition) is 2. The molecule has 0 fully saturated rings. The molecule has 0 radical (unpaired) electrons. The summed E-state index contributed by atoms with van der Waals surface area (Å²) in [6, 6.07) is 1.58. The molecule has 0 amide bonds. The molecule has 0 heterocycles. The van der Waals surface area contributed by atoms with E-state index in [9.17, 15) is 14.5 Å². The molecular weight excluding hydrogens is 260 g/mol. The zero-order valence-electron chi connectivity index (χ0n) is 6.65. The van der Waals surface area contributed by atoms with Gasteiger partial charge in [0.15, 0.2) is 0 Å². The monoisotopic (exact) mass is 263 g/mol. The summed E-state index contributed by atoms with van der Waals surface area (Å²) in [4.78, 5) is 9.56. The van der Waals surface area contributed by atoms with Crippen molar-refractivity contribution in [2.24, 2.45) is 0 Å². The molecule has 14 heavy (non-hydrogen) atoms. The fraction of sp³-hybridized carbons (Fsp3) is 0. The number of halogens is 2. The van der Waals surface area contributed by atoms with Crippen LogP contribution in [0, 0.1) is 15.9 Å². The zero-order valence-corrected chi connectivity index (χ0v) is 8.23. The molecular formula is C6H4BBrFNO4. The molecule has 0 aliphatic rings. The number of nitro benzene ring substituents is 1. The smallest absolute Gasteiger partial charge is 0.423 e. The maximum absolute atomic E-state index is 13.0. The topological polar surface area (TPSA) is 83.6 Å². The quantitative estimate of drug-likeness (QED) is 0.453. The Morgan fingerprint density at radius 1 is 1.50 bits per heavy atom. The van der Waals surface area contributed by atoms with E-state index < -0.39 is 29.0 Å². The Hall–Kier alpha value is -0.985. The molecule has 74 valence electrons. The number of rotatable bonds is 2. The second-order valence-corrected chi connectivity index (χ2v) is 3.31. The first-order valence-electron chi connectivity index (χ1n) is 3.43. The van der Waals surface area contributed by atoms with Gasteiger partial charge < -0.3 is 10.0 Å². The minimum Gasteiger partial charge on any atom is -0.423 e. The van der Waals surface area contributed by atoms with Crippen molar-refractivity contribution in [1.82, 2.24) is 0 Å². The second kappa shape index (κ2) is 4.03. The van der Waals surface area contributed by atoms with Crippen LogP contribution in [0.3, 0.4) is 0 Å². The normalized spacial score (nSPS) is 10.0. The fourth-order valence-corrected chi connectivity index (χ4v) is 1.40. The molecule has 0 atom stereocenters. The summed E-state index contributed by atoms with van der Waals surface area (Å²) in [5, 5.41) is 27.7. The van der Waals surface area contributed by atoms with Crippen LogP contribution in [0.1, 0.15) is 0 Å². The van der Waals surface area contributed by atoms with E-state index in [0.717, 1.165) is 6.07 Å². The maximum atomic E-state index is 13.0. The average Bonchev–Trinajstić information content (AvgIpc) is 2.07. The summed E-state index contributed by atoms with van der Waals surface area (Å²) in [5.41, 5.74) is -0.880. The lowest BCUT2D eigenvalue weighted by Gasteiger charge is -2.02. The molecule has 0 saturated heterocycles. The Bertz CT molecular complexity index is 386. The number of nitrogens with zero attached hydrogens (tertiary/aromatic N) is 1. The van der Waals surface area contributed by atoms with Crippen LogP contribution < -0.4 is 5.46 Å². The SMILES string of the molecule is O=[N+]([O-])c1cc(F)c(B(O)O)cc1Br. The van der Waals surface area contributed by atoms with Crippen LogP contribution in [-0.4, -0.2) is 22.1 Å². The Labute approximate surface area is 86.6 Å². The van der Waals surface area contributed by atoms with E-state index in [2.05, 4.69) is 15.9 Å². The molecule has 5 nitrogen and oxygen atoms in total. The first-order valence-corrected chi connectivity index (χ1v) is 4.22. The molecule has 0 saturated carbocycles. The standard InChI is InChI=1S/C6H4BBrFNO4/c8-4-1-3(7(11)12)5(9)2-6(4)10(13)14/h1-2,11-12H. The second-order valence-electron chi connectivity index (χ2n) is 2.46. The van der Waals surface area contributed by atoms with Crippen molar-refractivity contribution in [3.05, 3.63) is 32.5 Å². The largest absolute Gasteiger partial charge is 0.491 e. The van der Waals surface area contributed by atoms with Crippen molar-refractivity contribution in [3.8, 4) is 0 Å². The Balaban J connectivity index is 3.31. The van der Waals surface area contributed by atoms with Crippen LogP contribution in [0.15, 0.2) is 16.6 Å². The van der Waals surface area contributed by atoms with Crippen molar-refractivity contribution < 1.29 is 19.4 Å². The Kier molecular flexibility index (Phi) is 3.19. The lowest BCUT2D eigenvalue weighted by molar-refractivity contribution is -0.385. The van der Waals surface area contributed by atoms with Crippen molar-refractivity contribution in [2.45, 2.75) is 0 Å².